The molecule has 1 fully saturated rings. The van der Waals surface area contributed by atoms with E-state index in [0.717, 1.165) is 12.8 Å². The van der Waals surface area contributed by atoms with Crippen LogP contribution in [0.4, 0.5) is 0 Å². The Morgan fingerprint density at radius 3 is 3.13 bits per heavy atom. The predicted molar refractivity (Wildman–Crippen MR) is 50.3 cm³/mol. The van der Waals surface area contributed by atoms with Crippen LogP contribution in [-0.2, 0) is 21.6 Å². The van der Waals surface area contributed by atoms with Gasteiger partial charge in [-0.1, -0.05) is 0 Å². The summed E-state index contributed by atoms with van der Waals surface area (Å²) < 4.78 is 5.55. The fraction of sp³-hybridized carbons (Fsp3) is 0.667. The molecule has 0 radical (unpaired) electrons. The molecule has 1 atom stereocenters. The first-order chi connectivity index (χ1) is 7.10. The molecule has 1 aromatic rings. The molecule has 1 aromatic heterocycles. The van der Waals surface area contributed by atoms with Gasteiger partial charge < -0.3 is 9.84 Å². The van der Waals surface area contributed by atoms with Crippen LogP contribution in [0.15, 0.2) is 0 Å². The number of H-pyrrole nitrogens is 1. The topological polar surface area (TPSA) is 88.1 Å². The number of carboxylic acid groups (broad SMARTS) is 1. The zero-order valence-electron chi connectivity index (χ0n) is 8.49. The average Bonchev–Trinajstić information content (AvgIpc) is 2.74. The minimum atomic E-state index is -0.921. The van der Waals surface area contributed by atoms with Gasteiger partial charge in [-0.05, 0) is 19.8 Å². The number of aromatic nitrogens is 3. The van der Waals surface area contributed by atoms with E-state index in [2.05, 4.69) is 15.2 Å². The molecule has 2 rings (SSSR count). The summed E-state index contributed by atoms with van der Waals surface area (Å²) in [6.07, 6.45) is 1.72. The van der Waals surface area contributed by atoms with Gasteiger partial charge in [-0.15, -0.1) is 0 Å². The van der Waals surface area contributed by atoms with Crippen LogP contribution in [0.5, 0.6) is 0 Å². The van der Waals surface area contributed by atoms with E-state index in [1.165, 1.54) is 0 Å². The van der Waals surface area contributed by atoms with Crippen molar-refractivity contribution in [3.05, 3.63) is 11.6 Å². The number of nitrogens with one attached hydrogen (secondary N) is 1. The molecule has 2 heterocycles. The Bertz CT molecular complexity index is 368. The third kappa shape index (κ3) is 1.99. The van der Waals surface area contributed by atoms with Gasteiger partial charge in [0.2, 0.25) is 0 Å². The van der Waals surface area contributed by atoms with E-state index >= 15 is 0 Å². The largest absolute Gasteiger partial charge is 0.481 e. The standard InChI is InChI=1S/C9H13N3O3/c1-9(3-2-4-15-9)8-10-6(11-12-8)5-7(13)14/h2-5H2,1H3,(H,13,14)(H,10,11,12). The smallest absolute Gasteiger partial charge is 0.311 e. The number of carboxylic acids is 1. The number of rotatable bonds is 3. The lowest BCUT2D eigenvalue weighted by molar-refractivity contribution is -0.136. The number of carbonyl (C=O) groups is 1. The van der Waals surface area contributed by atoms with Crippen LogP contribution in [0, 0.1) is 0 Å². The number of nitrogens with zero attached hydrogens (tertiary/aromatic N) is 2. The third-order valence-electron chi connectivity index (χ3n) is 2.54. The van der Waals surface area contributed by atoms with Gasteiger partial charge in [0.1, 0.15) is 17.8 Å². The molecule has 0 amide bonds. The fourth-order valence-electron chi connectivity index (χ4n) is 1.71. The highest BCUT2D eigenvalue weighted by Crippen LogP contribution is 2.33. The number of hydrogen-bond donors (Lipinski definition) is 2. The number of ether oxygens (including phenoxy) is 1. The van der Waals surface area contributed by atoms with Crippen LogP contribution in [0.25, 0.3) is 0 Å². The maximum Gasteiger partial charge on any atom is 0.311 e. The second-order valence-electron chi connectivity index (χ2n) is 3.86. The molecular weight excluding hydrogens is 198 g/mol. The predicted octanol–water partition coefficient (Wildman–Crippen LogP) is 0.457. The number of aliphatic carboxylic acids is 1. The molecule has 82 valence electrons. The molecule has 0 spiro atoms. The molecule has 6 heteroatoms. The minimum absolute atomic E-state index is 0.136. The van der Waals surface area contributed by atoms with Crippen LogP contribution in [0.1, 0.15) is 31.4 Å². The zero-order chi connectivity index (χ0) is 10.9. The summed E-state index contributed by atoms with van der Waals surface area (Å²) in [5.41, 5.74) is -0.451. The molecule has 0 bridgehead atoms. The number of hydrogen-bond acceptors (Lipinski definition) is 4. The van der Waals surface area contributed by atoms with Crippen LogP contribution >= 0.6 is 0 Å². The lowest BCUT2D eigenvalue weighted by atomic mass is 10.0. The zero-order valence-corrected chi connectivity index (χ0v) is 8.49. The van der Waals surface area contributed by atoms with Gasteiger partial charge in [-0.3, -0.25) is 9.89 Å². The molecule has 1 unspecified atom stereocenters. The van der Waals surface area contributed by atoms with Crippen molar-refractivity contribution in [1.29, 1.82) is 0 Å². The van der Waals surface area contributed by atoms with Crippen molar-refractivity contribution in [2.24, 2.45) is 0 Å². The molecule has 2 N–H and O–H groups in total. The normalized spacial score (nSPS) is 25.7. The van der Waals surface area contributed by atoms with Gasteiger partial charge in [0.15, 0.2) is 5.82 Å². The van der Waals surface area contributed by atoms with Gasteiger partial charge in [0.25, 0.3) is 0 Å². The van der Waals surface area contributed by atoms with Gasteiger partial charge in [0, 0.05) is 6.61 Å². The third-order valence-corrected chi connectivity index (χ3v) is 2.54. The quantitative estimate of drug-likeness (QED) is 0.758. The van der Waals surface area contributed by atoms with E-state index in [1.54, 1.807) is 0 Å². The molecule has 6 nitrogen and oxygen atoms in total. The maximum absolute atomic E-state index is 10.5. The van der Waals surface area contributed by atoms with Gasteiger partial charge in [0.05, 0.1) is 0 Å². The average molecular weight is 211 g/mol. The Balaban J connectivity index is 2.15. The molecule has 0 saturated carbocycles. The van der Waals surface area contributed by atoms with E-state index < -0.39 is 11.6 Å². The summed E-state index contributed by atoms with van der Waals surface area (Å²) in [6.45, 7) is 2.63. The van der Waals surface area contributed by atoms with Crippen molar-refractivity contribution in [3.63, 3.8) is 0 Å². The molecule has 1 aliphatic rings. The van der Waals surface area contributed by atoms with Crippen molar-refractivity contribution >= 4 is 5.97 Å². The second-order valence-corrected chi connectivity index (χ2v) is 3.86. The van der Waals surface area contributed by atoms with E-state index in [4.69, 9.17) is 9.84 Å². The van der Waals surface area contributed by atoms with Crippen LogP contribution < -0.4 is 0 Å². The first kappa shape index (κ1) is 10.1. The van der Waals surface area contributed by atoms with Crippen molar-refractivity contribution in [2.45, 2.75) is 31.8 Å². The Kier molecular flexibility index (Phi) is 2.44. The van der Waals surface area contributed by atoms with Gasteiger partial charge in [-0.2, -0.15) is 5.10 Å². The molecule has 0 aromatic carbocycles. The van der Waals surface area contributed by atoms with Gasteiger partial charge >= 0.3 is 5.97 Å². The summed E-state index contributed by atoms with van der Waals surface area (Å²) in [4.78, 5) is 14.6. The maximum atomic E-state index is 10.5. The first-order valence-electron chi connectivity index (χ1n) is 4.88. The Labute approximate surface area is 86.7 Å². The number of aromatic amines is 1. The summed E-state index contributed by atoms with van der Waals surface area (Å²) in [7, 11) is 0. The second kappa shape index (κ2) is 3.62. The van der Waals surface area contributed by atoms with Crippen molar-refractivity contribution in [1.82, 2.24) is 15.2 Å². The SMILES string of the molecule is CC1(c2n[nH]c(CC(=O)O)n2)CCCO1. The van der Waals surface area contributed by atoms with Gasteiger partial charge in [-0.25, -0.2) is 4.98 Å². The molecule has 1 saturated heterocycles. The van der Waals surface area contributed by atoms with Crippen molar-refractivity contribution in [3.8, 4) is 0 Å². The summed E-state index contributed by atoms with van der Waals surface area (Å²) in [5, 5.41) is 15.2. The van der Waals surface area contributed by atoms with Crippen molar-refractivity contribution in [2.75, 3.05) is 6.61 Å². The van der Waals surface area contributed by atoms with Crippen LogP contribution in [0.2, 0.25) is 0 Å². The lowest BCUT2D eigenvalue weighted by Gasteiger charge is -2.18. The Morgan fingerprint density at radius 2 is 2.53 bits per heavy atom. The highest BCUT2D eigenvalue weighted by atomic mass is 16.5. The highest BCUT2D eigenvalue weighted by molar-refractivity contribution is 5.68. The molecular formula is C9H13N3O3. The fourth-order valence-corrected chi connectivity index (χ4v) is 1.71. The van der Waals surface area contributed by atoms with Crippen molar-refractivity contribution < 1.29 is 14.6 Å². The Morgan fingerprint density at radius 1 is 1.73 bits per heavy atom. The highest BCUT2D eigenvalue weighted by Gasteiger charge is 2.35. The van der Waals surface area contributed by atoms with E-state index in [0.29, 0.717) is 18.3 Å². The van der Waals surface area contributed by atoms with Crippen LogP contribution in [-0.4, -0.2) is 32.9 Å². The monoisotopic (exact) mass is 211 g/mol. The molecule has 1 aliphatic heterocycles. The Hall–Kier alpha value is -1.43. The lowest BCUT2D eigenvalue weighted by Crippen LogP contribution is -2.21. The minimum Gasteiger partial charge on any atom is -0.481 e. The summed E-state index contributed by atoms with van der Waals surface area (Å²) in [5.74, 6) is 0.000619. The van der Waals surface area contributed by atoms with E-state index in [9.17, 15) is 4.79 Å². The molecule has 15 heavy (non-hydrogen) atoms. The van der Waals surface area contributed by atoms with E-state index in [1.807, 2.05) is 6.92 Å². The first-order valence-corrected chi connectivity index (χ1v) is 4.88. The van der Waals surface area contributed by atoms with E-state index in [-0.39, 0.29) is 6.42 Å². The molecule has 0 aliphatic carbocycles. The summed E-state index contributed by atoms with van der Waals surface area (Å²) >= 11 is 0. The summed E-state index contributed by atoms with van der Waals surface area (Å²) in [6, 6.07) is 0. The van der Waals surface area contributed by atoms with Crippen LogP contribution in [0.3, 0.4) is 0 Å².